The molecule has 7 rings (SSSR count). The van der Waals surface area contributed by atoms with Crippen LogP contribution in [0.4, 0.5) is 11.5 Å². The van der Waals surface area contributed by atoms with Gasteiger partial charge in [-0.2, -0.15) is 0 Å². The molecule has 5 heterocycles. The van der Waals surface area contributed by atoms with Crippen molar-refractivity contribution < 1.29 is 9.84 Å². The van der Waals surface area contributed by atoms with E-state index in [-0.39, 0.29) is 5.75 Å². The fourth-order valence-electron chi connectivity index (χ4n) is 5.24. The van der Waals surface area contributed by atoms with E-state index in [4.69, 9.17) is 10.5 Å². The molecule has 0 aliphatic rings. The summed E-state index contributed by atoms with van der Waals surface area (Å²) in [5.74, 6) is 1.59. The van der Waals surface area contributed by atoms with Crippen LogP contribution in [0.15, 0.2) is 86.4 Å². The molecule has 0 atom stereocenters. The summed E-state index contributed by atoms with van der Waals surface area (Å²) in [6.07, 6.45) is 15.7. The fourth-order valence-corrected chi connectivity index (χ4v) is 5.24. The van der Waals surface area contributed by atoms with Crippen molar-refractivity contribution >= 4 is 33.8 Å². The van der Waals surface area contributed by atoms with Crippen molar-refractivity contribution in [1.82, 2.24) is 49.8 Å². The standard InChI is InChI=1S/C32H26N12O2/c33-26-22(6-3-19-1-4-20(5-2-19)46-25-16-34-9-10-35-25)21(7-8-38-31-29-32(44-18-43-31)40-14-12-37-29)23(15-24(26)45)27-28-30(42-17-41-27)39-13-11-36-28/h1-2,4-5,9-18,45H,3,6-8,33H2,(H,38,40,43,44). The van der Waals surface area contributed by atoms with Gasteiger partial charge in [-0.05, 0) is 54.2 Å². The lowest BCUT2D eigenvalue weighted by molar-refractivity contribution is 0.460. The molecule has 14 nitrogen and oxygen atoms in total. The number of aromatic nitrogens is 10. The number of hydrogen-bond donors (Lipinski definition) is 3. The Bertz CT molecular complexity index is 2140. The number of nitrogens with one attached hydrogen (secondary N) is 1. The summed E-state index contributed by atoms with van der Waals surface area (Å²) < 4.78 is 5.78. The van der Waals surface area contributed by atoms with Crippen LogP contribution in [0.2, 0.25) is 0 Å². The smallest absolute Gasteiger partial charge is 0.237 e. The van der Waals surface area contributed by atoms with E-state index in [0.29, 0.717) is 82.5 Å². The number of aromatic hydroxyl groups is 1. The molecule has 0 radical (unpaired) electrons. The van der Waals surface area contributed by atoms with Crippen LogP contribution in [-0.4, -0.2) is 61.5 Å². The zero-order valence-corrected chi connectivity index (χ0v) is 24.3. The number of rotatable bonds is 10. The van der Waals surface area contributed by atoms with E-state index in [2.05, 4.69) is 55.2 Å². The van der Waals surface area contributed by atoms with Gasteiger partial charge >= 0.3 is 0 Å². The summed E-state index contributed by atoms with van der Waals surface area (Å²) in [5.41, 5.74) is 12.9. The number of nitrogens with zero attached hydrogens (tertiary/aromatic N) is 10. The highest BCUT2D eigenvalue weighted by atomic mass is 16.5. The van der Waals surface area contributed by atoms with Gasteiger partial charge in [0.15, 0.2) is 17.1 Å². The van der Waals surface area contributed by atoms with Gasteiger partial charge in [-0.25, -0.2) is 44.9 Å². The molecular formula is C32H26N12O2. The topological polar surface area (TPSA) is 196 Å². The molecule has 0 unspecified atom stereocenters. The van der Waals surface area contributed by atoms with Crippen molar-refractivity contribution in [2.75, 3.05) is 17.6 Å². The zero-order chi connectivity index (χ0) is 31.3. The van der Waals surface area contributed by atoms with E-state index >= 15 is 0 Å². The van der Waals surface area contributed by atoms with Gasteiger partial charge in [0, 0.05) is 49.3 Å². The molecule has 0 amide bonds. The van der Waals surface area contributed by atoms with Crippen LogP contribution in [0, 0.1) is 0 Å². The SMILES string of the molecule is Nc1c(O)cc(-c2ncnc3nccnc23)c(CCNc2ncnc3nccnc23)c1CCc1ccc(Oc2cnccn2)cc1. The molecule has 7 aromatic rings. The average Bonchev–Trinajstić information content (AvgIpc) is 3.10. The van der Waals surface area contributed by atoms with Gasteiger partial charge in [-0.15, -0.1) is 0 Å². The third kappa shape index (κ3) is 5.86. The zero-order valence-electron chi connectivity index (χ0n) is 24.3. The van der Waals surface area contributed by atoms with Crippen LogP contribution in [0.5, 0.6) is 17.4 Å². The van der Waals surface area contributed by atoms with Crippen LogP contribution in [0.1, 0.15) is 16.7 Å². The maximum atomic E-state index is 11.1. The Labute approximate surface area is 261 Å². The van der Waals surface area contributed by atoms with E-state index in [1.54, 1.807) is 49.4 Å². The summed E-state index contributed by atoms with van der Waals surface area (Å²) in [5, 5.41) is 14.4. The molecular weight excluding hydrogens is 584 g/mol. The van der Waals surface area contributed by atoms with E-state index in [0.717, 1.165) is 16.7 Å². The molecule has 4 N–H and O–H groups in total. The third-order valence-electron chi connectivity index (χ3n) is 7.38. The van der Waals surface area contributed by atoms with Crippen LogP contribution < -0.4 is 15.8 Å². The van der Waals surface area contributed by atoms with Crippen LogP contribution >= 0.6 is 0 Å². The predicted molar refractivity (Wildman–Crippen MR) is 170 cm³/mol. The molecule has 0 spiro atoms. The summed E-state index contributed by atoms with van der Waals surface area (Å²) in [6, 6.07) is 9.37. The van der Waals surface area contributed by atoms with E-state index in [9.17, 15) is 5.11 Å². The van der Waals surface area contributed by atoms with Gasteiger partial charge in [0.2, 0.25) is 5.88 Å². The minimum Gasteiger partial charge on any atom is -0.506 e. The molecule has 0 aliphatic carbocycles. The van der Waals surface area contributed by atoms with E-state index in [1.165, 1.54) is 12.7 Å². The number of phenolic OH excluding ortho intramolecular Hbond substituents is 1. The minimum atomic E-state index is -0.0397. The average molecular weight is 611 g/mol. The van der Waals surface area contributed by atoms with Gasteiger partial charge in [0.1, 0.15) is 40.9 Å². The molecule has 0 bridgehead atoms. The first kappa shape index (κ1) is 28.3. The van der Waals surface area contributed by atoms with E-state index < -0.39 is 0 Å². The summed E-state index contributed by atoms with van der Waals surface area (Å²) >= 11 is 0. The molecule has 226 valence electrons. The molecule has 0 aliphatic heterocycles. The number of aryl methyl sites for hydroxylation is 1. The molecule has 14 heteroatoms. The van der Waals surface area contributed by atoms with E-state index in [1.807, 2.05) is 24.3 Å². The number of hydrogen-bond acceptors (Lipinski definition) is 14. The number of nitrogens with two attached hydrogens (primary N) is 1. The quantitative estimate of drug-likeness (QED) is 0.148. The third-order valence-corrected chi connectivity index (χ3v) is 7.38. The van der Waals surface area contributed by atoms with Crippen molar-refractivity contribution in [3.05, 3.63) is 103 Å². The molecule has 46 heavy (non-hydrogen) atoms. The molecule has 0 fully saturated rings. The lowest BCUT2D eigenvalue weighted by atomic mass is 9.90. The minimum absolute atomic E-state index is 0.0397. The second kappa shape index (κ2) is 12.7. The monoisotopic (exact) mass is 610 g/mol. The highest BCUT2D eigenvalue weighted by Crippen LogP contribution is 2.38. The molecule has 2 aromatic carbocycles. The van der Waals surface area contributed by atoms with Crippen molar-refractivity contribution in [2.45, 2.75) is 19.3 Å². The maximum absolute atomic E-state index is 11.1. The normalized spacial score (nSPS) is 11.1. The Morgan fingerprint density at radius 2 is 1.41 bits per heavy atom. The highest BCUT2D eigenvalue weighted by Gasteiger charge is 2.21. The number of anilines is 2. The summed E-state index contributed by atoms with van der Waals surface area (Å²) in [7, 11) is 0. The van der Waals surface area contributed by atoms with Crippen molar-refractivity contribution in [3.63, 3.8) is 0 Å². The summed E-state index contributed by atoms with van der Waals surface area (Å²) in [4.78, 5) is 43.1. The number of ether oxygens (including phenoxy) is 1. The number of fused-ring (bicyclic) bond motifs is 2. The molecule has 5 aromatic heterocycles. The van der Waals surface area contributed by atoms with Gasteiger partial charge in [0.25, 0.3) is 0 Å². The lowest BCUT2D eigenvalue weighted by Gasteiger charge is -2.19. The van der Waals surface area contributed by atoms with Gasteiger partial charge in [0.05, 0.1) is 11.9 Å². The molecule has 0 saturated carbocycles. The number of phenols is 1. The van der Waals surface area contributed by atoms with Gasteiger partial charge < -0.3 is 20.9 Å². The maximum Gasteiger partial charge on any atom is 0.237 e. The molecule has 0 saturated heterocycles. The second-order valence-corrected chi connectivity index (χ2v) is 10.2. The number of nitrogen functional groups attached to an aromatic ring is 1. The number of benzene rings is 2. The fraction of sp³-hybridized carbons (Fsp3) is 0.125. The first-order chi connectivity index (χ1) is 22.6. The first-order valence-electron chi connectivity index (χ1n) is 14.4. The van der Waals surface area contributed by atoms with Crippen LogP contribution in [0.3, 0.4) is 0 Å². The summed E-state index contributed by atoms with van der Waals surface area (Å²) in [6.45, 7) is 0.468. The Balaban J connectivity index is 1.21. The van der Waals surface area contributed by atoms with Gasteiger partial charge in [-0.3, -0.25) is 4.98 Å². The van der Waals surface area contributed by atoms with Crippen LogP contribution in [-0.2, 0) is 19.3 Å². The van der Waals surface area contributed by atoms with Crippen LogP contribution in [0.25, 0.3) is 33.6 Å². The van der Waals surface area contributed by atoms with Crippen molar-refractivity contribution in [2.24, 2.45) is 0 Å². The largest absolute Gasteiger partial charge is 0.506 e. The highest BCUT2D eigenvalue weighted by molar-refractivity contribution is 5.89. The van der Waals surface area contributed by atoms with Crippen molar-refractivity contribution in [1.29, 1.82) is 0 Å². The Hall–Kier alpha value is -6.44. The Kier molecular flexibility index (Phi) is 7.80. The first-order valence-corrected chi connectivity index (χ1v) is 14.4. The predicted octanol–water partition coefficient (Wildman–Crippen LogP) is 4.13. The van der Waals surface area contributed by atoms with Crippen molar-refractivity contribution in [3.8, 4) is 28.6 Å². The second-order valence-electron chi connectivity index (χ2n) is 10.2. The Morgan fingerprint density at radius 3 is 2.20 bits per heavy atom. The lowest BCUT2D eigenvalue weighted by Crippen LogP contribution is -2.12. The Morgan fingerprint density at radius 1 is 0.696 bits per heavy atom. The van der Waals surface area contributed by atoms with Gasteiger partial charge in [-0.1, -0.05) is 12.1 Å².